The second-order valence-corrected chi connectivity index (χ2v) is 4.42. The van der Waals surface area contributed by atoms with E-state index in [0.29, 0.717) is 0 Å². The topological polar surface area (TPSA) is 17.1 Å². The van der Waals surface area contributed by atoms with Crippen molar-refractivity contribution in [2.75, 3.05) is 0 Å². The van der Waals surface area contributed by atoms with Crippen LogP contribution >= 0.6 is 15.9 Å². The van der Waals surface area contributed by atoms with Crippen molar-refractivity contribution in [3.05, 3.63) is 0 Å². The Morgan fingerprint density at radius 3 is 2.20 bits per heavy atom. The Labute approximate surface area is 69.3 Å². The van der Waals surface area contributed by atoms with Crippen molar-refractivity contribution in [3.8, 4) is 0 Å². The Morgan fingerprint density at radius 2 is 2.00 bits per heavy atom. The number of rotatable bonds is 1. The quantitative estimate of drug-likeness (QED) is 0.598. The first kappa shape index (κ1) is 6.84. The molecule has 0 heterocycles. The van der Waals surface area contributed by atoms with E-state index in [1.54, 1.807) is 0 Å². The van der Waals surface area contributed by atoms with Gasteiger partial charge >= 0.3 is 0 Å². The van der Waals surface area contributed by atoms with Gasteiger partial charge in [0, 0.05) is 5.41 Å². The van der Waals surface area contributed by atoms with Gasteiger partial charge in [0.2, 0.25) is 4.69 Å². The van der Waals surface area contributed by atoms with Gasteiger partial charge in [0.1, 0.15) is 0 Å². The lowest BCUT2D eigenvalue weighted by Gasteiger charge is -2.20. The zero-order chi connectivity index (χ0) is 7.19. The molecule has 0 N–H and O–H groups in total. The van der Waals surface area contributed by atoms with E-state index in [1.807, 2.05) is 0 Å². The van der Waals surface area contributed by atoms with Crippen LogP contribution in [0.25, 0.3) is 0 Å². The summed E-state index contributed by atoms with van der Waals surface area (Å²) >= 11 is 3.11. The Morgan fingerprint density at radius 1 is 1.40 bits per heavy atom. The highest BCUT2D eigenvalue weighted by molar-refractivity contribution is 9.18. The second kappa shape index (κ2) is 2.07. The summed E-state index contributed by atoms with van der Waals surface area (Å²) in [5, 5.41) is 0. The Balaban J connectivity index is 2.23. The lowest BCUT2D eigenvalue weighted by Crippen LogP contribution is -2.20. The fraction of sp³-hybridized carbons (Fsp3) is 0.875. The fourth-order valence-corrected chi connectivity index (χ4v) is 3.03. The maximum atomic E-state index is 11.1. The van der Waals surface area contributed by atoms with Crippen LogP contribution in [0.5, 0.6) is 0 Å². The van der Waals surface area contributed by atoms with Crippen molar-refractivity contribution < 1.29 is 4.79 Å². The molecule has 56 valence electrons. The molecule has 2 heteroatoms. The summed E-state index contributed by atoms with van der Waals surface area (Å²) in [5.41, 5.74) is 0.0880. The molecular formula is C8H11BrO. The van der Waals surface area contributed by atoms with Crippen molar-refractivity contribution in [3.63, 3.8) is 0 Å². The highest BCUT2D eigenvalue weighted by Gasteiger charge is 2.48. The zero-order valence-corrected chi connectivity index (χ0v) is 7.49. The van der Waals surface area contributed by atoms with Crippen molar-refractivity contribution in [1.82, 2.24) is 0 Å². The van der Waals surface area contributed by atoms with Gasteiger partial charge in [-0.3, -0.25) is 4.79 Å². The lowest BCUT2D eigenvalue weighted by atomic mass is 9.86. The minimum atomic E-state index is 0.0880. The number of hydrogen-bond acceptors (Lipinski definition) is 1. The van der Waals surface area contributed by atoms with E-state index in [-0.39, 0.29) is 10.1 Å². The van der Waals surface area contributed by atoms with Gasteiger partial charge in [-0.1, -0.05) is 0 Å². The molecule has 2 aliphatic rings. The van der Waals surface area contributed by atoms with Gasteiger partial charge in [-0.25, -0.2) is 0 Å². The van der Waals surface area contributed by atoms with Crippen LogP contribution in [0.1, 0.15) is 32.1 Å². The van der Waals surface area contributed by atoms with Gasteiger partial charge in [0.15, 0.2) is 0 Å². The average Bonchev–Trinajstić information content (AvgIpc) is 2.45. The maximum absolute atomic E-state index is 11.1. The van der Waals surface area contributed by atoms with E-state index in [4.69, 9.17) is 0 Å². The van der Waals surface area contributed by atoms with Crippen molar-refractivity contribution in [1.29, 1.82) is 0 Å². The minimum absolute atomic E-state index is 0.0880. The molecule has 0 saturated heterocycles. The normalized spacial score (nSPS) is 44.3. The van der Waals surface area contributed by atoms with E-state index in [9.17, 15) is 4.79 Å². The summed E-state index contributed by atoms with van der Waals surface area (Å²) in [6.45, 7) is 0. The average molecular weight is 203 g/mol. The molecule has 10 heavy (non-hydrogen) atoms. The minimum Gasteiger partial charge on any atom is -0.286 e. The van der Waals surface area contributed by atoms with Crippen LogP contribution in [0.3, 0.4) is 0 Å². The molecule has 1 nitrogen and oxygen atoms in total. The van der Waals surface area contributed by atoms with Gasteiger partial charge in [0.05, 0.1) is 0 Å². The van der Waals surface area contributed by atoms with Crippen LogP contribution in [-0.2, 0) is 4.79 Å². The van der Waals surface area contributed by atoms with Gasteiger partial charge in [-0.05, 0) is 54.0 Å². The van der Waals surface area contributed by atoms with E-state index in [1.165, 1.54) is 12.8 Å². The summed E-state index contributed by atoms with van der Waals surface area (Å²) in [6, 6.07) is 0. The molecule has 2 aliphatic carbocycles. The third kappa shape index (κ3) is 0.777. The number of halogens is 1. The number of carbonyl (C=O) groups excluding carboxylic acids is 1. The van der Waals surface area contributed by atoms with E-state index >= 15 is 0 Å². The van der Waals surface area contributed by atoms with Crippen LogP contribution in [0.4, 0.5) is 0 Å². The Bertz CT molecular complexity index is 168. The highest BCUT2D eigenvalue weighted by Crippen LogP contribution is 2.55. The fourth-order valence-electron chi connectivity index (χ4n) is 2.47. The van der Waals surface area contributed by atoms with Gasteiger partial charge in [0.25, 0.3) is 0 Å². The summed E-state index contributed by atoms with van der Waals surface area (Å²) in [6.07, 6.45) is 6.02. The lowest BCUT2D eigenvalue weighted by molar-refractivity contribution is -0.118. The third-order valence-electron chi connectivity index (χ3n) is 3.16. The second-order valence-electron chi connectivity index (χ2n) is 3.70. The molecule has 0 atom stereocenters. The van der Waals surface area contributed by atoms with E-state index < -0.39 is 0 Å². The zero-order valence-electron chi connectivity index (χ0n) is 5.90. The molecule has 2 saturated carbocycles. The van der Waals surface area contributed by atoms with Crippen LogP contribution in [0, 0.1) is 11.3 Å². The van der Waals surface area contributed by atoms with E-state index in [2.05, 4.69) is 15.9 Å². The van der Waals surface area contributed by atoms with Crippen LogP contribution in [0.2, 0.25) is 0 Å². The monoisotopic (exact) mass is 202 g/mol. The van der Waals surface area contributed by atoms with Gasteiger partial charge in [-0.2, -0.15) is 0 Å². The molecule has 0 amide bonds. The predicted molar refractivity (Wildman–Crippen MR) is 42.9 cm³/mol. The molecular weight excluding hydrogens is 192 g/mol. The largest absolute Gasteiger partial charge is 0.286 e. The number of fused-ring (bicyclic) bond motifs is 2. The summed E-state index contributed by atoms with van der Waals surface area (Å²) < 4.78 is 0.264. The number of carbonyl (C=O) groups is 1. The molecule has 0 radical (unpaired) electrons. The standard InChI is InChI=1S/C8H11BrO/c9-7(10)8-3-1-6(5-8)2-4-8/h6H,1-5H2. The molecule has 2 rings (SSSR count). The molecule has 2 bridgehead atoms. The van der Waals surface area contributed by atoms with E-state index in [0.717, 1.165) is 25.2 Å². The van der Waals surface area contributed by atoms with Crippen molar-refractivity contribution >= 4 is 20.6 Å². The predicted octanol–water partition coefficient (Wildman–Crippen LogP) is 2.49. The summed E-state index contributed by atoms with van der Waals surface area (Å²) in [5.74, 6) is 0.876. The molecule has 0 spiro atoms. The summed E-state index contributed by atoms with van der Waals surface area (Å²) in [4.78, 5) is 11.1. The third-order valence-corrected chi connectivity index (χ3v) is 4.00. The molecule has 2 fully saturated rings. The van der Waals surface area contributed by atoms with Gasteiger partial charge < -0.3 is 0 Å². The maximum Gasteiger partial charge on any atom is 0.203 e. The molecule has 0 aromatic heterocycles. The first-order valence-electron chi connectivity index (χ1n) is 3.93. The highest BCUT2D eigenvalue weighted by atomic mass is 79.9. The molecule has 0 aromatic carbocycles. The first-order valence-corrected chi connectivity index (χ1v) is 4.72. The van der Waals surface area contributed by atoms with Crippen molar-refractivity contribution in [2.24, 2.45) is 11.3 Å². The Kier molecular flexibility index (Phi) is 1.41. The Hall–Kier alpha value is 0.150. The van der Waals surface area contributed by atoms with Crippen LogP contribution < -0.4 is 0 Å². The number of hydrogen-bond donors (Lipinski definition) is 0. The van der Waals surface area contributed by atoms with Crippen molar-refractivity contribution in [2.45, 2.75) is 32.1 Å². The van der Waals surface area contributed by atoms with Gasteiger partial charge in [-0.15, -0.1) is 0 Å². The SMILES string of the molecule is O=C(Br)C12CCC(CC1)C2. The van der Waals surface area contributed by atoms with Crippen LogP contribution in [-0.4, -0.2) is 4.69 Å². The molecule has 0 unspecified atom stereocenters. The molecule has 0 aromatic rings. The molecule has 0 aliphatic heterocycles. The smallest absolute Gasteiger partial charge is 0.203 e. The van der Waals surface area contributed by atoms with Crippen LogP contribution in [0.15, 0.2) is 0 Å². The first-order chi connectivity index (χ1) is 4.73. The summed E-state index contributed by atoms with van der Waals surface area (Å²) in [7, 11) is 0.